The minimum absolute atomic E-state index is 0.204. The van der Waals surface area contributed by atoms with Crippen LogP contribution in [0.25, 0.3) is 11.1 Å². The number of rotatable bonds is 4. The van der Waals surface area contributed by atoms with Crippen molar-refractivity contribution >= 4 is 17.6 Å². The van der Waals surface area contributed by atoms with Crippen molar-refractivity contribution < 1.29 is 19.4 Å². The number of amides is 1. The van der Waals surface area contributed by atoms with E-state index in [0.29, 0.717) is 5.56 Å². The maximum absolute atomic E-state index is 12.4. The van der Waals surface area contributed by atoms with E-state index in [1.807, 2.05) is 42.5 Å². The first kappa shape index (κ1) is 17.2. The molecular formula is C21H17NO4. The molecule has 0 aliphatic rings. The normalized spacial score (nSPS) is 10.2. The highest BCUT2D eigenvalue weighted by atomic mass is 16.5. The zero-order valence-electron chi connectivity index (χ0n) is 14.1. The molecule has 0 spiro atoms. The molecule has 0 aromatic heterocycles. The average molecular weight is 347 g/mol. The summed E-state index contributed by atoms with van der Waals surface area (Å²) >= 11 is 0. The van der Waals surface area contributed by atoms with Gasteiger partial charge in [-0.2, -0.15) is 0 Å². The zero-order chi connectivity index (χ0) is 18.5. The quantitative estimate of drug-likeness (QED) is 0.550. The number of anilines is 1. The lowest BCUT2D eigenvalue weighted by atomic mass is 10.0. The maximum atomic E-state index is 12.4. The molecule has 5 heteroatoms. The van der Waals surface area contributed by atoms with Gasteiger partial charge in [0, 0.05) is 5.56 Å². The van der Waals surface area contributed by atoms with Gasteiger partial charge in [0.1, 0.15) is 5.75 Å². The lowest BCUT2D eigenvalue weighted by Gasteiger charge is -2.09. The van der Waals surface area contributed by atoms with Crippen LogP contribution in [0.3, 0.4) is 0 Å². The summed E-state index contributed by atoms with van der Waals surface area (Å²) in [5, 5.41) is 12.6. The molecule has 0 radical (unpaired) electrons. The van der Waals surface area contributed by atoms with Crippen LogP contribution < -0.4 is 5.32 Å². The molecule has 0 atom stereocenters. The van der Waals surface area contributed by atoms with E-state index in [0.717, 1.165) is 11.1 Å². The highest BCUT2D eigenvalue weighted by Crippen LogP contribution is 2.26. The van der Waals surface area contributed by atoms with E-state index in [4.69, 9.17) is 0 Å². The second-order valence-corrected chi connectivity index (χ2v) is 5.62. The Kier molecular flexibility index (Phi) is 4.99. The van der Waals surface area contributed by atoms with Gasteiger partial charge in [0.2, 0.25) is 0 Å². The second-order valence-electron chi connectivity index (χ2n) is 5.62. The van der Waals surface area contributed by atoms with Crippen LogP contribution in [-0.4, -0.2) is 24.1 Å². The van der Waals surface area contributed by atoms with Crippen molar-refractivity contribution in [1.29, 1.82) is 0 Å². The first-order valence-corrected chi connectivity index (χ1v) is 7.96. The van der Waals surface area contributed by atoms with Crippen LogP contribution in [-0.2, 0) is 4.74 Å². The Labute approximate surface area is 150 Å². The number of carbonyl (C=O) groups is 2. The van der Waals surface area contributed by atoms with E-state index in [-0.39, 0.29) is 22.9 Å². The molecule has 2 N–H and O–H groups in total. The summed E-state index contributed by atoms with van der Waals surface area (Å²) in [7, 11) is 1.26. The minimum Gasteiger partial charge on any atom is -0.506 e. The molecule has 1 amide bonds. The van der Waals surface area contributed by atoms with Gasteiger partial charge < -0.3 is 15.2 Å². The standard InChI is InChI=1S/C21H17NO4/c1-26-21(25)17-11-12-18(19(23)13-17)22-20(24)16-9-7-15(8-10-16)14-5-3-2-4-6-14/h2-13,23H,1H3,(H,22,24). The highest BCUT2D eigenvalue weighted by molar-refractivity contribution is 6.05. The summed E-state index contributed by atoms with van der Waals surface area (Å²) in [6, 6.07) is 21.2. The van der Waals surface area contributed by atoms with E-state index in [2.05, 4.69) is 10.1 Å². The SMILES string of the molecule is COC(=O)c1ccc(NC(=O)c2ccc(-c3ccccc3)cc2)c(O)c1. The number of nitrogens with one attached hydrogen (secondary N) is 1. The molecule has 5 nitrogen and oxygen atoms in total. The highest BCUT2D eigenvalue weighted by Gasteiger charge is 2.12. The molecule has 3 rings (SSSR count). The Hall–Kier alpha value is -3.60. The van der Waals surface area contributed by atoms with Crippen molar-refractivity contribution in [3.8, 4) is 16.9 Å². The Balaban J connectivity index is 1.75. The number of esters is 1. The van der Waals surface area contributed by atoms with E-state index in [1.54, 1.807) is 12.1 Å². The molecule has 3 aromatic carbocycles. The third-order valence-corrected chi connectivity index (χ3v) is 3.92. The van der Waals surface area contributed by atoms with Crippen molar-refractivity contribution in [2.45, 2.75) is 0 Å². The summed E-state index contributed by atoms with van der Waals surface area (Å²) < 4.78 is 4.59. The predicted octanol–water partition coefficient (Wildman–Crippen LogP) is 4.10. The summed E-state index contributed by atoms with van der Waals surface area (Å²) in [5.74, 6) is -1.12. The minimum atomic E-state index is -0.560. The van der Waals surface area contributed by atoms with Gasteiger partial charge in [0.15, 0.2) is 0 Å². The molecule has 0 aliphatic carbocycles. The molecular weight excluding hydrogens is 330 g/mol. The average Bonchev–Trinajstić information content (AvgIpc) is 2.69. The largest absolute Gasteiger partial charge is 0.506 e. The number of phenolic OH excluding ortho intramolecular Hbond substituents is 1. The van der Waals surface area contributed by atoms with Gasteiger partial charge in [-0.25, -0.2) is 4.79 Å². The molecule has 0 saturated carbocycles. The van der Waals surface area contributed by atoms with E-state index < -0.39 is 5.97 Å². The molecule has 0 unspecified atom stereocenters. The summed E-state index contributed by atoms with van der Waals surface area (Å²) in [5.41, 5.74) is 2.95. The number of hydrogen-bond donors (Lipinski definition) is 2. The smallest absolute Gasteiger partial charge is 0.337 e. The fourth-order valence-corrected chi connectivity index (χ4v) is 2.52. The van der Waals surface area contributed by atoms with Crippen molar-refractivity contribution in [3.63, 3.8) is 0 Å². The summed E-state index contributed by atoms with van der Waals surface area (Å²) in [6.45, 7) is 0. The zero-order valence-corrected chi connectivity index (χ0v) is 14.1. The van der Waals surface area contributed by atoms with Crippen LogP contribution in [0, 0.1) is 0 Å². The Morgan fingerprint density at radius 2 is 1.46 bits per heavy atom. The van der Waals surface area contributed by atoms with Gasteiger partial charge in [0.05, 0.1) is 18.4 Å². The number of phenols is 1. The van der Waals surface area contributed by atoms with Crippen LogP contribution in [0.2, 0.25) is 0 Å². The van der Waals surface area contributed by atoms with Gasteiger partial charge in [0.25, 0.3) is 5.91 Å². The number of methoxy groups -OCH3 is 1. The predicted molar refractivity (Wildman–Crippen MR) is 99.3 cm³/mol. The molecule has 26 heavy (non-hydrogen) atoms. The number of aromatic hydroxyl groups is 1. The van der Waals surface area contributed by atoms with Crippen molar-refractivity contribution in [2.24, 2.45) is 0 Å². The first-order valence-electron chi connectivity index (χ1n) is 7.96. The van der Waals surface area contributed by atoms with Crippen LogP contribution in [0.4, 0.5) is 5.69 Å². The van der Waals surface area contributed by atoms with Crippen molar-refractivity contribution in [1.82, 2.24) is 0 Å². The van der Waals surface area contributed by atoms with Gasteiger partial charge in [-0.15, -0.1) is 0 Å². The molecule has 0 aliphatic heterocycles. The first-order chi connectivity index (χ1) is 12.6. The molecule has 0 bridgehead atoms. The van der Waals surface area contributed by atoms with Crippen LogP contribution in [0.15, 0.2) is 72.8 Å². The van der Waals surface area contributed by atoms with Gasteiger partial charge in [-0.05, 0) is 41.5 Å². The van der Waals surface area contributed by atoms with Crippen LogP contribution in [0.1, 0.15) is 20.7 Å². The molecule has 0 saturated heterocycles. The van der Waals surface area contributed by atoms with Gasteiger partial charge >= 0.3 is 5.97 Å². The van der Waals surface area contributed by atoms with E-state index in [1.165, 1.54) is 25.3 Å². The number of ether oxygens (including phenoxy) is 1. The fraction of sp³-hybridized carbons (Fsp3) is 0.0476. The van der Waals surface area contributed by atoms with Crippen LogP contribution in [0.5, 0.6) is 5.75 Å². The van der Waals surface area contributed by atoms with E-state index in [9.17, 15) is 14.7 Å². The molecule has 0 heterocycles. The summed E-state index contributed by atoms with van der Waals surface area (Å²) in [6.07, 6.45) is 0. The Morgan fingerprint density at radius 3 is 2.08 bits per heavy atom. The monoisotopic (exact) mass is 347 g/mol. The Morgan fingerprint density at radius 1 is 0.846 bits per heavy atom. The molecule has 3 aromatic rings. The van der Waals surface area contributed by atoms with Crippen molar-refractivity contribution in [3.05, 3.63) is 83.9 Å². The number of benzene rings is 3. The van der Waals surface area contributed by atoms with Crippen LogP contribution >= 0.6 is 0 Å². The fourth-order valence-electron chi connectivity index (χ4n) is 2.52. The lowest BCUT2D eigenvalue weighted by molar-refractivity contribution is 0.0600. The third kappa shape index (κ3) is 3.72. The van der Waals surface area contributed by atoms with Crippen molar-refractivity contribution in [2.75, 3.05) is 12.4 Å². The van der Waals surface area contributed by atoms with Gasteiger partial charge in [-0.3, -0.25) is 4.79 Å². The lowest BCUT2D eigenvalue weighted by Crippen LogP contribution is -2.12. The maximum Gasteiger partial charge on any atom is 0.337 e. The van der Waals surface area contributed by atoms with Gasteiger partial charge in [-0.1, -0.05) is 42.5 Å². The number of carbonyl (C=O) groups excluding carboxylic acids is 2. The molecule has 130 valence electrons. The van der Waals surface area contributed by atoms with E-state index >= 15 is 0 Å². The number of hydrogen-bond acceptors (Lipinski definition) is 4. The second kappa shape index (κ2) is 7.53. The topological polar surface area (TPSA) is 75.6 Å². The third-order valence-electron chi connectivity index (χ3n) is 3.92. The molecule has 0 fully saturated rings. The Bertz CT molecular complexity index is 934. The summed E-state index contributed by atoms with van der Waals surface area (Å²) in [4.78, 5) is 23.8.